The van der Waals surface area contributed by atoms with Gasteiger partial charge >= 0.3 is 0 Å². The first-order valence-corrected chi connectivity index (χ1v) is 9.32. The third-order valence-electron chi connectivity index (χ3n) is 5.15. The molecule has 28 heavy (non-hydrogen) atoms. The molecule has 4 heteroatoms. The molecule has 1 heterocycles. The number of amides is 1. The van der Waals surface area contributed by atoms with Crippen LogP contribution in [0.1, 0.15) is 16.7 Å². The summed E-state index contributed by atoms with van der Waals surface area (Å²) in [5.41, 5.74) is 3.87. The largest absolute Gasteiger partial charge is 0.496 e. The molecule has 1 aromatic heterocycles. The zero-order chi connectivity index (χ0) is 19.7. The van der Waals surface area contributed by atoms with Gasteiger partial charge in [0, 0.05) is 30.1 Å². The number of ether oxygens (including phenoxy) is 1. The molecule has 0 saturated carbocycles. The van der Waals surface area contributed by atoms with Crippen LogP contribution < -0.4 is 4.74 Å². The van der Waals surface area contributed by atoms with E-state index in [-0.39, 0.29) is 5.91 Å². The van der Waals surface area contributed by atoms with Crippen molar-refractivity contribution < 1.29 is 13.9 Å². The lowest BCUT2D eigenvalue weighted by molar-refractivity contribution is -0.129. The van der Waals surface area contributed by atoms with E-state index in [4.69, 9.17) is 9.15 Å². The molecule has 0 aliphatic carbocycles. The molecule has 0 unspecified atom stereocenters. The number of carbonyl (C=O) groups excluding carboxylic acids is 1. The second kappa shape index (κ2) is 7.39. The lowest BCUT2D eigenvalue weighted by atomic mass is 10.0. The van der Waals surface area contributed by atoms with E-state index in [0.717, 1.165) is 44.2 Å². The Morgan fingerprint density at radius 2 is 1.89 bits per heavy atom. The summed E-state index contributed by atoms with van der Waals surface area (Å²) < 4.78 is 11.2. The summed E-state index contributed by atoms with van der Waals surface area (Å²) in [4.78, 5) is 14.7. The molecule has 0 spiro atoms. The predicted octanol–water partition coefficient (Wildman–Crippen LogP) is 5.10. The van der Waals surface area contributed by atoms with Crippen LogP contribution in [0.2, 0.25) is 0 Å². The van der Waals surface area contributed by atoms with Gasteiger partial charge < -0.3 is 14.1 Å². The Balaban J connectivity index is 1.60. The summed E-state index contributed by atoms with van der Waals surface area (Å²) in [5.74, 6) is 0.837. The summed E-state index contributed by atoms with van der Waals surface area (Å²) in [5, 5.41) is 3.27. The van der Waals surface area contributed by atoms with Crippen molar-refractivity contribution in [3.05, 3.63) is 77.6 Å². The van der Waals surface area contributed by atoms with Gasteiger partial charge in [0.15, 0.2) is 0 Å². The van der Waals surface area contributed by atoms with Crippen LogP contribution in [0.5, 0.6) is 5.75 Å². The molecule has 0 bridgehead atoms. The van der Waals surface area contributed by atoms with E-state index in [9.17, 15) is 4.79 Å². The Labute approximate surface area is 164 Å². The van der Waals surface area contributed by atoms with Gasteiger partial charge in [-0.2, -0.15) is 0 Å². The van der Waals surface area contributed by atoms with Crippen LogP contribution in [-0.4, -0.2) is 25.0 Å². The smallest absolute Gasteiger partial charge is 0.227 e. The molecule has 0 aliphatic heterocycles. The molecular weight excluding hydrogens is 350 g/mol. The number of likely N-dealkylation sites (N-methyl/N-ethyl adjacent to an activating group) is 1. The number of nitrogens with zero attached hydrogens (tertiary/aromatic N) is 1. The van der Waals surface area contributed by atoms with Gasteiger partial charge in [-0.3, -0.25) is 4.79 Å². The fourth-order valence-corrected chi connectivity index (χ4v) is 3.68. The molecule has 0 fully saturated rings. The Kier molecular flexibility index (Phi) is 4.78. The number of rotatable bonds is 5. The first-order chi connectivity index (χ1) is 13.6. The van der Waals surface area contributed by atoms with Crippen LogP contribution in [-0.2, 0) is 17.8 Å². The summed E-state index contributed by atoms with van der Waals surface area (Å²) >= 11 is 0. The summed E-state index contributed by atoms with van der Waals surface area (Å²) in [6.45, 7) is 2.54. The number of methoxy groups -OCH3 is 1. The highest BCUT2D eigenvalue weighted by atomic mass is 16.5. The van der Waals surface area contributed by atoms with Crippen molar-refractivity contribution in [2.24, 2.45) is 0 Å². The van der Waals surface area contributed by atoms with Crippen molar-refractivity contribution >= 4 is 27.6 Å². The molecule has 0 atom stereocenters. The van der Waals surface area contributed by atoms with Gasteiger partial charge in [0.05, 0.1) is 19.8 Å². The quantitative estimate of drug-likeness (QED) is 0.488. The molecule has 3 aromatic carbocycles. The molecule has 0 aliphatic rings. The number of carbonyl (C=O) groups is 1. The Hall–Kier alpha value is -3.27. The van der Waals surface area contributed by atoms with E-state index in [1.165, 1.54) is 0 Å². The average Bonchev–Trinajstić information content (AvgIpc) is 3.11. The van der Waals surface area contributed by atoms with Gasteiger partial charge in [0.1, 0.15) is 11.3 Å². The fourth-order valence-electron chi connectivity index (χ4n) is 3.68. The minimum Gasteiger partial charge on any atom is -0.496 e. The van der Waals surface area contributed by atoms with Crippen LogP contribution in [0, 0.1) is 6.92 Å². The normalized spacial score (nSPS) is 11.1. The van der Waals surface area contributed by atoms with E-state index in [1.807, 2.05) is 50.4 Å². The molecule has 4 rings (SSSR count). The van der Waals surface area contributed by atoms with Crippen molar-refractivity contribution in [2.75, 3.05) is 14.2 Å². The van der Waals surface area contributed by atoms with Crippen LogP contribution in [0.25, 0.3) is 21.7 Å². The van der Waals surface area contributed by atoms with Crippen LogP contribution in [0.4, 0.5) is 0 Å². The zero-order valence-electron chi connectivity index (χ0n) is 16.4. The van der Waals surface area contributed by atoms with Crippen LogP contribution >= 0.6 is 0 Å². The van der Waals surface area contributed by atoms with Crippen molar-refractivity contribution in [3.63, 3.8) is 0 Å². The second-order valence-electron chi connectivity index (χ2n) is 7.16. The summed E-state index contributed by atoms with van der Waals surface area (Å²) in [6, 6.07) is 18.2. The highest BCUT2D eigenvalue weighted by molar-refractivity contribution is 6.08. The van der Waals surface area contributed by atoms with Gasteiger partial charge in [-0.25, -0.2) is 0 Å². The van der Waals surface area contributed by atoms with Crippen molar-refractivity contribution in [2.45, 2.75) is 19.9 Å². The molecule has 142 valence electrons. The van der Waals surface area contributed by atoms with E-state index in [2.05, 4.69) is 18.2 Å². The second-order valence-corrected chi connectivity index (χ2v) is 7.16. The van der Waals surface area contributed by atoms with Crippen LogP contribution in [0.3, 0.4) is 0 Å². The maximum atomic E-state index is 12.9. The van der Waals surface area contributed by atoms with E-state index in [1.54, 1.807) is 18.3 Å². The van der Waals surface area contributed by atoms with Gasteiger partial charge in [-0.1, -0.05) is 48.0 Å². The van der Waals surface area contributed by atoms with Crippen molar-refractivity contribution in [3.8, 4) is 5.75 Å². The molecule has 4 nitrogen and oxygen atoms in total. The van der Waals surface area contributed by atoms with E-state index in [0.29, 0.717) is 13.0 Å². The minimum atomic E-state index is 0.0409. The van der Waals surface area contributed by atoms with Crippen molar-refractivity contribution in [1.29, 1.82) is 0 Å². The predicted molar refractivity (Wildman–Crippen MR) is 112 cm³/mol. The molecule has 1 amide bonds. The number of fused-ring (bicyclic) bond motifs is 3. The number of hydrogen-bond donors (Lipinski definition) is 0. The Morgan fingerprint density at radius 3 is 2.71 bits per heavy atom. The van der Waals surface area contributed by atoms with Crippen LogP contribution in [0.15, 0.2) is 65.3 Å². The van der Waals surface area contributed by atoms with E-state index < -0.39 is 0 Å². The molecule has 0 N–H and O–H groups in total. The van der Waals surface area contributed by atoms with Gasteiger partial charge in [-0.05, 0) is 29.8 Å². The first-order valence-electron chi connectivity index (χ1n) is 9.32. The third-order valence-corrected chi connectivity index (χ3v) is 5.15. The summed E-state index contributed by atoms with van der Waals surface area (Å²) in [7, 11) is 3.48. The molecule has 4 aromatic rings. The molecular formula is C24H23NO3. The zero-order valence-corrected chi connectivity index (χ0v) is 16.4. The topological polar surface area (TPSA) is 42.7 Å². The maximum Gasteiger partial charge on any atom is 0.227 e. The molecule has 0 saturated heterocycles. The van der Waals surface area contributed by atoms with E-state index >= 15 is 0 Å². The maximum absolute atomic E-state index is 12.9. The highest BCUT2D eigenvalue weighted by Gasteiger charge is 2.17. The summed E-state index contributed by atoms with van der Waals surface area (Å²) in [6.07, 6.45) is 2.00. The lowest BCUT2D eigenvalue weighted by Gasteiger charge is -2.19. The number of aryl methyl sites for hydroxylation is 1. The number of furan rings is 1. The Morgan fingerprint density at radius 1 is 1.07 bits per heavy atom. The standard InChI is InChI=1S/C24H23NO3/c1-16-8-10-21(27-3)18(12-16)14-25(2)23(26)13-19-15-28-22-11-9-17-6-4-5-7-20(17)24(19)22/h4-12,15H,13-14H2,1-3H3. The van der Waals surface area contributed by atoms with Gasteiger partial charge in [0.25, 0.3) is 0 Å². The number of hydrogen-bond acceptors (Lipinski definition) is 3. The van der Waals surface area contributed by atoms with Gasteiger partial charge in [-0.15, -0.1) is 0 Å². The average molecular weight is 373 g/mol. The van der Waals surface area contributed by atoms with Gasteiger partial charge in [0.2, 0.25) is 5.91 Å². The minimum absolute atomic E-state index is 0.0409. The third kappa shape index (κ3) is 3.33. The molecule has 0 radical (unpaired) electrons. The SMILES string of the molecule is COc1ccc(C)cc1CN(C)C(=O)Cc1coc2ccc3ccccc3c12. The highest BCUT2D eigenvalue weighted by Crippen LogP contribution is 2.30. The Bertz CT molecular complexity index is 1160. The van der Waals surface area contributed by atoms with Crippen molar-refractivity contribution in [1.82, 2.24) is 4.90 Å². The fraction of sp³-hybridized carbons (Fsp3) is 0.208. The lowest BCUT2D eigenvalue weighted by Crippen LogP contribution is -2.27. The first kappa shape index (κ1) is 18.1. The number of benzene rings is 3. The monoisotopic (exact) mass is 373 g/mol.